The van der Waals surface area contributed by atoms with Crippen LogP contribution < -0.4 is 4.90 Å². The third kappa shape index (κ3) is 2.88. The fourth-order valence-electron chi connectivity index (χ4n) is 2.76. The Labute approximate surface area is 124 Å². The number of fused-ring (bicyclic) bond motifs is 1. The molecule has 4 heteroatoms. The predicted octanol–water partition coefficient (Wildman–Crippen LogP) is 3.63. The molecule has 0 saturated carbocycles. The van der Waals surface area contributed by atoms with Crippen LogP contribution in [0.3, 0.4) is 0 Å². The Morgan fingerprint density at radius 1 is 1.05 bits per heavy atom. The Hall–Kier alpha value is -1.35. The molecular formula is C16H20ClNO2. The van der Waals surface area contributed by atoms with Gasteiger partial charge < -0.3 is 4.90 Å². The summed E-state index contributed by atoms with van der Waals surface area (Å²) in [5, 5.41) is 0. The second-order valence-electron chi connectivity index (χ2n) is 5.37. The number of alkyl halides is 1. The topological polar surface area (TPSA) is 37.4 Å². The highest BCUT2D eigenvalue weighted by atomic mass is 35.5. The first kappa shape index (κ1) is 15.0. The van der Waals surface area contributed by atoms with Crippen molar-refractivity contribution in [2.24, 2.45) is 0 Å². The number of carbonyl (C=O) groups is 2. The number of rotatable bonds is 6. The molecule has 0 radical (unpaired) electrons. The van der Waals surface area contributed by atoms with Gasteiger partial charge in [-0.3, -0.25) is 9.59 Å². The second kappa shape index (κ2) is 6.40. The van der Waals surface area contributed by atoms with Crippen LogP contribution in [0.25, 0.3) is 0 Å². The fourth-order valence-corrected chi connectivity index (χ4v) is 2.95. The smallest absolute Gasteiger partial charge is 0.299 e. The maximum absolute atomic E-state index is 12.1. The Morgan fingerprint density at radius 2 is 1.75 bits per heavy atom. The van der Waals surface area contributed by atoms with E-state index in [1.165, 1.54) is 0 Å². The zero-order valence-corrected chi connectivity index (χ0v) is 12.8. The number of amides is 1. The molecule has 0 aromatic heterocycles. The SMILES string of the molecule is Cc1cc(C)c2c(c1)C(=O)C(=O)N2CCCCCCCl. The minimum atomic E-state index is -0.383. The van der Waals surface area contributed by atoms with Crippen molar-refractivity contribution in [2.75, 3.05) is 17.3 Å². The van der Waals surface area contributed by atoms with Crippen molar-refractivity contribution in [1.82, 2.24) is 0 Å². The average molecular weight is 294 g/mol. The fraction of sp³-hybridized carbons (Fsp3) is 0.500. The number of carbonyl (C=O) groups excluding carboxylic acids is 2. The third-order valence-electron chi connectivity index (χ3n) is 3.66. The average Bonchev–Trinajstić information content (AvgIpc) is 2.64. The van der Waals surface area contributed by atoms with E-state index in [0.29, 0.717) is 18.0 Å². The minimum Gasteiger partial charge on any atom is -0.304 e. The van der Waals surface area contributed by atoms with E-state index in [4.69, 9.17) is 11.6 Å². The monoisotopic (exact) mass is 293 g/mol. The molecule has 1 aliphatic heterocycles. The summed E-state index contributed by atoms with van der Waals surface area (Å²) in [7, 11) is 0. The van der Waals surface area contributed by atoms with Crippen molar-refractivity contribution < 1.29 is 9.59 Å². The van der Waals surface area contributed by atoms with Gasteiger partial charge in [0.25, 0.3) is 11.7 Å². The molecule has 2 rings (SSSR count). The van der Waals surface area contributed by atoms with E-state index >= 15 is 0 Å². The molecule has 20 heavy (non-hydrogen) atoms. The van der Waals surface area contributed by atoms with Gasteiger partial charge in [0.2, 0.25) is 0 Å². The first-order valence-corrected chi connectivity index (χ1v) is 7.63. The van der Waals surface area contributed by atoms with E-state index in [9.17, 15) is 9.59 Å². The van der Waals surface area contributed by atoms with Gasteiger partial charge in [-0.2, -0.15) is 0 Å². The van der Waals surface area contributed by atoms with Crippen molar-refractivity contribution in [1.29, 1.82) is 0 Å². The van der Waals surface area contributed by atoms with Crippen molar-refractivity contribution in [3.05, 3.63) is 28.8 Å². The molecule has 0 aliphatic carbocycles. The molecule has 0 saturated heterocycles. The molecule has 0 atom stereocenters. The van der Waals surface area contributed by atoms with Crippen molar-refractivity contribution in [3.63, 3.8) is 0 Å². The zero-order valence-electron chi connectivity index (χ0n) is 12.0. The molecule has 108 valence electrons. The Bertz CT molecular complexity index is 540. The summed E-state index contributed by atoms with van der Waals surface area (Å²) in [4.78, 5) is 25.8. The molecular weight excluding hydrogens is 274 g/mol. The summed E-state index contributed by atoms with van der Waals surface area (Å²) in [6.45, 7) is 4.52. The summed E-state index contributed by atoms with van der Waals surface area (Å²) < 4.78 is 0. The van der Waals surface area contributed by atoms with Crippen molar-refractivity contribution >= 4 is 29.0 Å². The lowest BCUT2D eigenvalue weighted by Crippen LogP contribution is -2.31. The van der Waals surface area contributed by atoms with E-state index in [2.05, 4.69) is 0 Å². The standard InChI is InChI=1S/C16H20ClNO2/c1-11-9-12(2)14-13(10-11)15(19)16(20)18(14)8-6-4-3-5-7-17/h9-10H,3-8H2,1-2H3. The number of Topliss-reactive ketones (excluding diaryl/α,β-unsaturated/α-hetero) is 1. The van der Waals surface area contributed by atoms with Crippen LogP contribution in [-0.2, 0) is 4.79 Å². The Morgan fingerprint density at radius 3 is 2.45 bits per heavy atom. The zero-order chi connectivity index (χ0) is 14.7. The molecule has 1 aromatic rings. The lowest BCUT2D eigenvalue weighted by atomic mass is 10.0. The largest absolute Gasteiger partial charge is 0.304 e. The van der Waals surface area contributed by atoms with E-state index < -0.39 is 0 Å². The van der Waals surface area contributed by atoms with Gasteiger partial charge in [-0.25, -0.2) is 0 Å². The number of anilines is 1. The van der Waals surface area contributed by atoms with Crippen LogP contribution in [0.15, 0.2) is 12.1 Å². The van der Waals surface area contributed by atoms with Crippen molar-refractivity contribution in [2.45, 2.75) is 39.5 Å². The van der Waals surface area contributed by atoms with E-state index in [-0.39, 0.29) is 11.7 Å². The first-order chi connectivity index (χ1) is 9.56. The predicted molar refractivity (Wildman–Crippen MR) is 81.8 cm³/mol. The maximum atomic E-state index is 12.1. The molecule has 1 heterocycles. The number of hydrogen-bond donors (Lipinski definition) is 0. The first-order valence-electron chi connectivity index (χ1n) is 7.09. The van der Waals surface area contributed by atoms with E-state index in [1.807, 2.05) is 26.0 Å². The lowest BCUT2D eigenvalue weighted by molar-refractivity contribution is -0.114. The number of unbranched alkanes of at least 4 members (excludes halogenated alkanes) is 3. The van der Waals surface area contributed by atoms with Gasteiger partial charge in [-0.15, -0.1) is 11.6 Å². The molecule has 1 aliphatic rings. The van der Waals surface area contributed by atoms with Crippen LogP contribution in [0, 0.1) is 13.8 Å². The highest BCUT2D eigenvalue weighted by Crippen LogP contribution is 2.33. The third-order valence-corrected chi connectivity index (χ3v) is 3.93. The molecule has 0 unspecified atom stereocenters. The molecule has 0 N–H and O–H groups in total. The van der Waals surface area contributed by atoms with E-state index in [0.717, 1.165) is 42.5 Å². The van der Waals surface area contributed by atoms with Gasteiger partial charge >= 0.3 is 0 Å². The maximum Gasteiger partial charge on any atom is 0.299 e. The summed E-state index contributed by atoms with van der Waals surface area (Å²) in [5.74, 6) is -0.0684. The van der Waals surface area contributed by atoms with Crippen LogP contribution in [0.1, 0.15) is 47.2 Å². The van der Waals surface area contributed by atoms with Gasteiger partial charge in [-0.1, -0.05) is 18.9 Å². The molecule has 0 bridgehead atoms. The van der Waals surface area contributed by atoms with Crippen LogP contribution in [0.5, 0.6) is 0 Å². The molecule has 3 nitrogen and oxygen atoms in total. The summed E-state index contributed by atoms with van der Waals surface area (Å²) in [6, 6.07) is 3.83. The van der Waals surface area contributed by atoms with Crippen molar-refractivity contribution in [3.8, 4) is 0 Å². The molecule has 0 spiro atoms. The van der Waals surface area contributed by atoms with Crippen LogP contribution in [0.2, 0.25) is 0 Å². The quantitative estimate of drug-likeness (QED) is 0.456. The van der Waals surface area contributed by atoms with Gasteiger partial charge in [-0.05, 0) is 43.9 Å². The highest BCUT2D eigenvalue weighted by molar-refractivity contribution is 6.52. The molecule has 1 aromatic carbocycles. The van der Waals surface area contributed by atoms with Crippen LogP contribution in [0.4, 0.5) is 5.69 Å². The van der Waals surface area contributed by atoms with Crippen LogP contribution >= 0.6 is 11.6 Å². The Balaban J connectivity index is 2.12. The lowest BCUT2D eigenvalue weighted by Gasteiger charge is -2.18. The minimum absolute atomic E-state index is 0.368. The number of ketones is 1. The number of hydrogen-bond acceptors (Lipinski definition) is 2. The summed E-state index contributed by atoms with van der Waals surface area (Å²) in [5.41, 5.74) is 3.39. The summed E-state index contributed by atoms with van der Waals surface area (Å²) >= 11 is 5.64. The number of halogens is 1. The number of benzene rings is 1. The van der Waals surface area contributed by atoms with Gasteiger partial charge in [0.1, 0.15) is 0 Å². The Kier molecular flexibility index (Phi) is 4.81. The van der Waals surface area contributed by atoms with Crippen LogP contribution in [-0.4, -0.2) is 24.1 Å². The van der Waals surface area contributed by atoms with Gasteiger partial charge in [0.15, 0.2) is 0 Å². The van der Waals surface area contributed by atoms with E-state index in [1.54, 1.807) is 4.90 Å². The van der Waals surface area contributed by atoms with Gasteiger partial charge in [0.05, 0.1) is 11.3 Å². The number of nitrogens with zero attached hydrogens (tertiary/aromatic N) is 1. The number of aryl methyl sites for hydroxylation is 2. The second-order valence-corrected chi connectivity index (χ2v) is 5.75. The normalized spacial score (nSPS) is 14.1. The highest BCUT2D eigenvalue weighted by Gasteiger charge is 2.36. The molecule has 0 fully saturated rings. The summed E-state index contributed by atoms with van der Waals surface area (Å²) in [6.07, 6.45) is 4.01. The van der Waals surface area contributed by atoms with Gasteiger partial charge in [0, 0.05) is 12.4 Å². The molecule has 1 amide bonds.